The minimum absolute atomic E-state index is 0. The molecule has 0 N–H and O–H groups in total. The quantitative estimate of drug-likeness (QED) is 0.198. The Morgan fingerprint density at radius 2 is 0.731 bits per heavy atom. The van der Waals surface area contributed by atoms with E-state index in [9.17, 15) is 30.1 Å². The van der Waals surface area contributed by atoms with E-state index in [4.69, 9.17) is 30.0 Å². The van der Waals surface area contributed by atoms with Crippen LogP contribution >= 0.6 is 0 Å². The van der Waals surface area contributed by atoms with E-state index in [1.807, 2.05) is 0 Å². The fraction of sp³-hybridized carbons (Fsp3) is 0. The van der Waals surface area contributed by atoms with Crippen molar-refractivity contribution in [2.45, 2.75) is 0 Å². The molecular formula is C2Na6O15S3. The van der Waals surface area contributed by atoms with Crippen LogP contribution in [0, 0.1) is 0 Å². The van der Waals surface area contributed by atoms with E-state index in [1.165, 1.54) is 0 Å². The van der Waals surface area contributed by atoms with Crippen LogP contribution in [-0.4, -0.2) is 42.5 Å². The summed E-state index contributed by atoms with van der Waals surface area (Å²) in [4.78, 5) is 16.7. The van der Waals surface area contributed by atoms with Gasteiger partial charge >= 0.3 is 189 Å². The Morgan fingerprint density at radius 3 is 0.808 bits per heavy atom. The molecule has 24 heteroatoms. The van der Waals surface area contributed by atoms with E-state index < -0.39 is 44.5 Å². The average molecular weight is 498 g/mol. The van der Waals surface area contributed by atoms with E-state index in [-0.39, 0.29) is 177 Å². The molecular weight excluding hydrogens is 498 g/mol. The number of carbonyl (C=O) groups is 2. The van der Waals surface area contributed by atoms with Gasteiger partial charge in [0.25, 0.3) is 0 Å². The van der Waals surface area contributed by atoms with Gasteiger partial charge in [0.05, 0.1) is 0 Å². The zero-order valence-electron chi connectivity index (χ0n) is 14.3. The monoisotopic (exact) mass is 498 g/mol. The summed E-state index contributed by atoms with van der Waals surface area (Å²) >= 11 is -3.46. The van der Waals surface area contributed by atoms with Crippen LogP contribution in [0.5, 0.6) is 0 Å². The van der Waals surface area contributed by atoms with Gasteiger partial charge in [-0.25, -0.2) is 16.8 Å². The van der Waals surface area contributed by atoms with Crippen molar-refractivity contribution in [1.29, 1.82) is 0 Å². The fourth-order valence-corrected chi connectivity index (χ4v) is 1.53. The molecule has 0 saturated heterocycles. The zero-order valence-corrected chi connectivity index (χ0v) is 28.8. The van der Waals surface area contributed by atoms with Gasteiger partial charge in [-0.1, -0.05) is 0 Å². The van der Waals surface area contributed by atoms with Gasteiger partial charge in [-0.15, -0.1) is 0 Å². The van der Waals surface area contributed by atoms with Gasteiger partial charge in [-0.2, -0.15) is 11.5 Å². The van der Waals surface area contributed by atoms with Crippen molar-refractivity contribution < 1.29 is 245 Å². The van der Waals surface area contributed by atoms with Crippen molar-refractivity contribution in [3.05, 3.63) is 0 Å². The summed E-state index contributed by atoms with van der Waals surface area (Å²) in [5.74, 6) is 0. The van der Waals surface area contributed by atoms with E-state index in [1.54, 1.807) is 0 Å². The summed E-state index contributed by atoms with van der Waals surface area (Å²) in [7, 11) is -10.7. The third kappa shape index (κ3) is 103. The molecule has 0 aromatic heterocycles. The smallest absolute Gasteiger partial charge is 0.725 e. The topological polar surface area (TPSA) is 276 Å². The summed E-state index contributed by atoms with van der Waals surface area (Å²) in [6.45, 7) is 0. The predicted molar refractivity (Wildman–Crippen MR) is 40.5 cm³/mol. The van der Waals surface area contributed by atoms with Crippen molar-refractivity contribution in [1.82, 2.24) is 0 Å². The summed E-state index contributed by atoms with van der Waals surface area (Å²) in [5.41, 5.74) is 0. The first-order valence-electron chi connectivity index (χ1n) is 3.06. The second kappa shape index (κ2) is 31.6. The van der Waals surface area contributed by atoms with Crippen LogP contribution in [0.2, 0.25) is 0 Å². The molecule has 0 aliphatic carbocycles. The normalized spacial score (nSPS) is 8.12. The maximum Gasteiger partial charge on any atom is 1.00 e. The molecule has 0 aromatic carbocycles. The molecule has 0 amide bonds. The van der Waals surface area contributed by atoms with Crippen LogP contribution in [0.15, 0.2) is 0 Å². The van der Waals surface area contributed by atoms with Gasteiger partial charge in [-0.3, -0.25) is 0 Å². The molecule has 0 aromatic rings. The minimum Gasteiger partial charge on any atom is -0.725 e. The molecule has 0 radical (unpaired) electrons. The first-order valence-corrected chi connectivity index (χ1v) is 6.72. The summed E-state index contributed by atoms with van der Waals surface area (Å²) in [5, 5.41) is 33.3. The molecule has 0 heterocycles. The van der Waals surface area contributed by atoms with Gasteiger partial charge in [0.2, 0.25) is 20.8 Å². The Bertz CT molecular complexity index is 486. The van der Waals surface area contributed by atoms with E-state index in [0.29, 0.717) is 0 Å². The molecule has 0 aliphatic heterocycles. The largest absolute Gasteiger partial charge is 1.00 e. The van der Waals surface area contributed by atoms with Crippen LogP contribution in [0.25, 0.3) is 0 Å². The maximum atomic E-state index is 9.98. The van der Waals surface area contributed by atoms with E-state index in [0.717, 1.165) is 0 Å². The Hall–Kier alpha value is 4.43. The second-order valence-electron chi connectivity index (χ2n) is 1.66. The van der Waals surface area contributed by atoms with Gasteiger partial charge in [0.1, 0.15) is 0 Å². The van der Waals surface area contributed by atoms with Crippen LogP contribution in [0.3, 0.4) is 0 Å². The van der Waals surface area contributed by atoms with Crippen LogP contribution in [0.4, 0.5) is 9.59 Å². The van der Waals surface area contributed by atoms with Crippen LogP contribution < -0.4 is 198 Å². The Balaban J connectivity index is -0.0000000257. The Kier molecular flexibility index (Phi) is 69.8. The van der Waals surface area contributed by atoms with Crippen molar-refractivity contribution >= 4 is 44.5 Å². The summed E-state index contributed by atoms with van der Waals surface area (Å²) in [6, 6.07) is 0. The first-order chi connectivity index (χ1) is 8.57. The molecule has 0 fully saturated rings. The molecule has 0 unspecified atom stereocenters. The van der Waals surface area contributed by atoms with Crippen LogP contribution in [0.1, 0.15) is 0 Å². The zero-order chi connectivity index (χ0) is 17.1. The summed E-state index contributed by atoms with van der Waals surface area (Å²) < 4.78 is 73.3. The summed E-state index contributed by atoms with van der Waals surface area (Å²) in [6.07, 6.45) is -4.67. The molecule has 15 nitrogen and oxygen atoms in total. The molecule has 0 saturated carbocycles. The second-order valence-corrected chi connectivity index (χ2v) is 4.79. The number of carbonyl (C=O) groups excluding carboxylic acids is 2. The SMILES string of the molecule is O=C([O-])[O-].O=C([O-])[O-].O=S(OS(=O)(=O)[O-])OS(=O)(=O)[O-].[Na+].[Na+].[Na+].[Na+].[Na+].[Na+]. The first kappa shape index (κ1) is 57.4. The minimum atomic E-state index is -5.37. The number of hydrogen-bond donors (Lipinski definition) is 0. The molecule has 0 spiro atoms. The Labute approximate surface area is 283 Å². The van der Waals surface area contributed by atoms with Gasteiger partial charge in [0, 0.05) is 0 Å². The molecule has 0 aliphatic rings. The Morgan fingerprint density at radius 1 is 0.615 bits per heavy atom. The number of rotatable bonds is 4. The standard InChI is InChI=1S/2CH2O3.6Na.H2O9S3/c2*2-1(3)4;;;;;;;1-10(8-11(2,3)4)9-12(5,6)7/h2*(H2,2,3,4);;;;;;;(H,2,3,4)(H,5,6,7)/q;;6*+1;/p-6. The predicted octanol–water partition coefficient (Wildman–Crippen LogP) is -25.4. The van der Waals surface area contributed by atoms with E-state index >= 15 is 0 Å². The fourth-order valence-electron chi connectivity index (χ4n) is 0.147. The third-order valence-electron chi connectivity index (χ3n) is 0.278. The van der Waals surface area contributed by atoms with Crippen molar-refractivity contribution in [3.8, 4) is 0 Å². The van der Waals surface area contributed by atoms with Gasteiger partial charge in [0.15, 0.2) is 0 Å². The molecule has 26 heavy (non-hydrogen) atoms. The molecule has 122 valence electrons. The van der Waals surface area contributed by atoms with Gasteiger partial charge < -0.3 is 39.1 Å². The third-order valence-corrected chi connectivity index (χ3v) is 2.50. The number of hydrogen-bond acceptors (Lipinski definition) is 15. The molecule has 0 bridgehead atoms. The van der Waals surface area contributed by atoms with Crippen molar-refractivity contribution in [2.75, 3.05) is 0 Å². The molecule has 0 rings (SSSR count). The van der Waals surface area contributed by atoms with Crippen LogP contribution in [-0.2, 0) is 39.4 Å². The van der Waals surface area contributed by atoms with Gasteiger partial charge in [-0.05, 0) is 12.3 Å². The maximum absolute atomic E-state index is 9.98. The average Bonchev–Trinajstić information content (AvgIpc) is 1.90. The van der Waals surface area contributed by atoms with E-state index in [2.05, 4.69) is 7.26 Å². The van der Waals surface area contributed by atoms with Crippen molar-refractivity contribution in [3.63, 3.8) is 0 Å². The number of carboxylic acid groups (broad SMARTS) is 4. The van der Waals surface area contributed by atoms with Crippen molar-refractivity contribution in [2.24, 2.45) is 0 Å². The molecule has 0 atom stereocenters.